The van der Waals surface area contributed by atoms with E-state index in [2.05, 4.69) is 55.5 Å². The van der Waals surface area contributed by atoms with Crippen LogP contribution in [0.1, 0.15) is 44.6 Å². The molecule has 108 valence electrons. The molecule has 1 heterocycles. The molecule has 0 saturated heterocycles. The van der Waals surface area contributed by atoms with Crippen molar-refractivity contribution in [2.75, 3.05) is 0 Å². The lowest BCUT2D eigenvalue weighted by atomic mass is 9.97. The van der Waals surface area contributed by atoms with Crippen molar-refractivity contribution in [2.45, 2.75) is 45.4 Å². The second kappa shape index (κ2) is 6.71. The smallest absolute Gasteiger partial charge is 0.0712 e. The highest BCUT2D eigenvalue weighted by Gasteiger charge is 2.08. The maximum atomic E-state index is 4.80. The molecule has 0 aliphatic rings. The summed E-state index contributed by atoms with van der Waals surface area (Å²) in [7, 11) is 0. The molecule has 1 nitrogen and oxygen atoms in total. The van der Waals surface area contributed by atoms with Crippen LogP contribution < -0.4 is 0 Å². The quantitative estimate of drug-likeness (QED) is 0.403. The normalized spacial score (nSPS) is 11.3. The number of para-hydroxylation sites is 2. The minimum atomic E-state index is 1.12. The summed E-state index contributed by atoms with van der Waals surface area (Å²) in [5, 5.41) is 2.65. The van der Waals surface area contributed by atoms with E-state index < -0.39 is 0 Å². The summed E-state index contributed by atoms with van der Waals surface area (Å²) in [5.74, 6) is 0. The predicted octanol–water partition coefficient (Wildman–Crippen LogP) is 5.90. The first kappa shape index (κ1) is 14.1. The lowest BCUT2D eigenvalue weighted by molar-refractivity contribution is 0.634. The standard InChI is InChI=1S/C20H23N/c1-2-3-4-5-6-11-16-17-12-7-9-14-19(17)21-20-15-10-8-13-18(16)20/h7-10,12-15H,2-6,11H2,1H3. The Morgan fingerprint density at radius 1 is 0.714 bits per heavy atom. The van der Waals surface area contributed by atoms with Crippen LogP contribution in [0.4, 0.5) is 0 Å². The zero-order chi connectivity index (χ0) is 14.5. The van der Waals surface area contributed by atoms with Crippen molar-refractivity contribution in [1.82, 2.24) is 4.98 Å². The van der Waals surface area contributed by atoms with Gasteiger partial charge in [0, 0.05) is 10.8 Å². The van der Waals surface area contributed by atoms with Crippen LogP contribution in [0.3, 0.4) is 0 Å². The number of pyridine rings is 1. The average molecular weight is 277 g/mol. The minimum absolute atomic E-state index is 1.12. The SMILES string of the molecule is CCCCCCCc1c2ccccc2nc2ccccc12. The van der Waals surface area contributed by atoms with Crippen LogP contribution in [0.15, 0.2) is 48.5 Å². The van der Waals surface area contributed by atoms with Crippen molar-refractivity contribution in [3.05, 3.63) is 54.1 Å². The third kappa shape index (κ3) is 3.07. The third-order valence-electron chi connectivity index (χ3n) is 4.23. The van der Waals surface area contributed by atoms with Gasteiger partial charge in [0.25, 0.3) is 0 Å². The van der Waals surface area contributed by atoms with Gasteiger partial charge in [0.1, 0.15) is 0 Å². The lowest BCUT2D eigenvalue weighted by Gasteiger charge is -2.10. The van der Waals surface area contributed by atoms with E-state index in [1.165, 1.54) is 48.4 Å². The molecule has 21 heavy (non-hydrogen) atoms. The van der Waals surface area contributed by atoms with E-state index in [-0.39, 0.29) is 0 Å². The Morgan fingerprint density at radius 2 is 1.29 bits per heavy atom. The number of rotatable bonds is 6. The highest BCUT2D eigenvalue weighted by atomic mass is 14.7. The second-order valence-corrected chi connectivity index (χ2v) is 5.79. The van der Waals surface area contributed by atoms with Crippen molar-refractivity contribution in [1.29, 1.82) is 0 Å². The topological polar surface area (TPSA) is 12.9 Å². The van der Waals surface area contributed by atoms with E-state index in [1.807, 2.05) is 0 Å². The maximum Gasteiger partial charge on any atom is 0.0712 e. The molecular weight excluding hydrogens is 254 g/mol. The Morgan fingerprint density at radius 3 is 1.90 bits per heavy atom. The number of hydrogen-bond donors (Lipinski definition) is 0. The minimum Gasteiger partial charge on any atom is -0.248 e. The molecule has 0 saturated carbocycles. The van der Waals surface area contributed by atoms with E-state index in [1.54, 1.807) is 0 Å². The van der Waals surface area contributed by atoms with Crippen molar-refractivity contribution < 1.29 is 0 Å². The molecule has 0 spiro atoms. The monoisotopic (exact) mass is 277 g/mol. The third-order valence-corrected chi connectivity index (χ3v) is 4.23. The van der Waals surface area contributed by atoms with Crippen LogP contribution >= 0.6 is 0 Å². The Balaban J connectivity index is 1.96. The number of hydrogen-bond acceptors (Lipinski definition) is 1. The van der Waals surface area contributed by atoms with Crippen molar-refractivity contribution in [2.24, 2.45) is 0 Å². The first-order valence-electron chi connectivity index (χ1n) is 8.16. The van der Waals surface area contributed by atoms with Gasteiger partial charge in [-0.2, -0.15) is 0 Å². The lowest BCUT2D eigenvalue weighted by Crippen LogP contribution is -1.93. The molecule has 0 unspecified atom stereocenters. The summed E-state index contributed by atoms with van der Waals surface area (Å²) in [6.07, 6.45) is 7.79. The van der Waals surface area contributed by atoms with Gasteiger partial charge in [0.2, 0.25) is 0 Å². The number of aryl methyl sites for hydroxylation is 1. The molecule has 0 atom stereocenters. The van der Waals surface area contributed by atoms with Gasteiger partial charge in [0.15, 0.2) is 0 Å². The molecule has 1 heteroatoms. The molecule has 0 bridgehead atoms. The molecule has 1 aromatic heterocycles. The fraction of sp³-hybridized carbons (Fsp3) is 0.350. The fourth-order valence-corrected chi connectivity index (χ4v) is 3.10. The van der Waals surface area contributed by atoms with Gasteiger partial charge in [-0.3, -0.25) is 0 Å². The molecule has 0 aliphatic heterocycles. The largest absolute Gasteiger partial charge is 0.248 e. The number of fused-ring (bicyclic) bond motifs is 2. The van der Waals surface area contributed by atoms with Crippen LogP contribution in [0.5, 0.6) is 0 Å². The Labute approximate surface area is 127 Å². The van der Waals surface area contributed by atoms with Crippen LogP contribution in [0, 0.1) is 0 Å². The summed E-state index contributed by atoms with van der Waals surface area (Å²) in [4.78, 5) is 4.80. The van der Waals surface area contributed by atoms with Gasteiger partial charge in [-0.05, 0) is 30.5 Å². The Kier molecular flexibility index (Phi) is 4.49. The van der Waals surface area contributed by atoms with Gasteiger partial charge in [-0.1, -0.05) is 69.0 Å². The molecule has 3 aromatic rings. The Hall–Kier alpha value is -1.89. The molecule has 0 aliphatic carbocycles. The van der Waals surface area contributed by atoms with Crippen molar-refractivity contribution in [3.63, 3.8) is 0 Å². The first-order chi connectivity index (χ1) is 10.4. The summed E-state index contributed by atoms with van der Waals surface area (Å²) < 4.78 is 0. The fourth-order valence-electron chi connectivity index (χ4n) is 3.10. The predicted molar refractivity (Wildman–Crippen MR) is 91.7 cm³/mol. The van der Waals surface area contributed by atoms with Crippen LogP contribution in [0.25, 0.3) is 21.8 Å². The van der Waals surface area contributed by atoms with Crippen LogP contribution in [-0.2, 0) is 6.42 Å². The number of nitrogens with zero attached hydrogens (tertiary/aromatic N) is 1. The molecule has 0 N–H and O–H groups in total. The molecule has 3 rings (SSSR count). The van der Waals surface area contributed by atoms with E-state index in [0.717, 1.165) is 17.5 Å². The number of unbranched alkanes of at least 4 members (excludes halogenated alkanes) is 4. The number of aromatic nitrogens is 1. The van der Waals surface area contributed by atoms with Crippen LogP contribution in [0.2, 0.25) is 0 Å². The van der Waals surface area contributed by atoms with Crippen molar-refractivity contribution >= 4 is 21.8 Å². The summed E-state index contributed by atoms with van der Waals surface area (Å²) in [6, 6.07) is 17.1. The van der Waals surface area contributed by atoms with E-state index >= 15 is 0 Å². The second-order valence-electron chi connectivity index (χ2n) is 5.79. The average Bonchev–Trinajstić information content (AvgIpc) is 2.53. The van der Waals surface area contributed by atoms with Crippen LogP contribution in [-0.4, -0.2) is 4.98 Å². The van der Waals surface area contributed by atoms with Crippen molar-refractivity contribution in [3.8, 4) is 0 Å². The first-order valence-corrected chi connectivity index (χ1v) is 8.16. The summed E-state index contributed by atoms with van der Waals surface area (Å²) in [6.45, 7) is 2.27. The van der Waals surface area contributed by atoms with E-state index in [9.17, 15) is 0 Å². The van der Waals surface area contributed by atoms with Gasteiger partial charge in [-0.25, -0.2) is 4.98 Å². The summed E-state index contributed by atoms with van der Waals surface area (Å²) in [5.41, 5.74) is 3.73. The molecule has 2 aromatic carbocycles. The zero-order valence-corrected chi connectivity index (χ0v) is 12.8. The Bertz CT molecular complexity index is 676. The van der Waals surface area contributed by atoms with Gasteiger partial charge >= 0.3 is 0 Å². The molecule has 0 fully saturated rings. The summed E-state index contributed by atoms with van der Waals surface area (Å²) >= 11 is 0. The van der Waals surface area contributed by atoms with E-state index in [0.29, 0.717) is 0 Å². The van der Waals surface area contributed by atoms with Gasteiger partial charge in [0.05, 0.1) is 11.0 Å². The zero-order valence-electron chi connectivity index (χ0n) is 12.8. The number of benzene rings is 2. The van der Waals surface area contributed by atoms with Gasteiger partial charge < -0.3 is 0 Å². The van der Waals surface area contributed by atoms with Gasteiger partial charge in [-0.15, -0.1) is 0 Å². The molecule has 0 radical (unpaired) electrons. The maximum absolute atomic E-state index is 4.80. The molecule has 0 amide bonds. The highest BCUT2D eigenvalue weighted by Crippen LogP contribution is 2.27. The highest BCUT2D eigenvalue weighted by molar-refractivity contribution is 5.97. The van der Waals surface area contributed by atoms with E-state index in [4.69, 9.17) is 4.98 Å². The molecular formula is C20H23N.